The van der Waals surface area contributed by atoms with Gasteiger partial charge in [0.2, 0.25) is 11.8 Å². The second-order valence-electron chi connectivity index (χ2n) is 8.19. The number of para-hydroxylation sites is 1. The molecule has 0 saturated carbocycles. The maximum atomic E-state index is 12.4. The highest BCUT2D eigenvalue weighted by Crippen LogP contribution is 2.29. The van der Waals surface area contributed by atoms with Crippen molar-refractivity contribution in [2.24, 2.45) is 5.92 Å². The number of hydrogen-bond acceptors (Lipinski definition) is 6. The second kappa shape index (κ2) is 9.62. The van der Waals surface area contributed by atoms with E-state index in [1.54, 1.807) is 12.1 Å². The van der Waals surface area contributed by atoms with Crippen LogP contribution in [0.15, 0.2) is 54.6 Å². The first kappa shape index (κ1) is 22.8. The van der Waals surface area contributed by atoms with Gasteiger partial charge >= 0.3 is 0 Å². The van der Waals surface area contributed by atoms with Crippen LogP contribution in [0.25, 0.3) is 11.1 Å². The molecule has 2 atom stereocenters. The molecule has 0 aromatic heterocycles. The summed E-state index contributed by atoms with van der Waals surface area (Å²) in [6.45, 7) is -0.165. The number of sulfone groups is 1. The monoisotopic (exact) mass is 471 g/mol. The summed E-state index contributed by atoms with van der Waals surface area (Å²) in [6, 6.07) is 16.6. The molecule has 174 valence electrons. The zero-order valence-corrected chi connectivity index (χ0v) is 18.7. The summed E-state index contributed by atoms with van der Waals surface area (Å²) in [6.07, 6.45) is 0.375. The molecule has 2 aliphatic heterocycles. The van der Waals surface area contributed by atoms with Gasteiger partial charge in [-0.3, -0.25) is 25.2 Å². The maximum Gasteiger partial charge on any atom is 0.276 e. The number of ether oxygens (including phenoxy) is 1. The molecule has 2 aliphatic rings. The fourth-order valence-electron chi connectivity index (χ4n) is 4.14. The Balaban J connectivity index is 1.26. The third-order valence-electron chi connectivity index (χ3n) is 5.83. The molecule has 9 nitrogen and oxygen atoms in total. The SMILES string of the molecule is O=C(COc1ccccc1-c1ccccc1)NNC(=O)C1CC(=O)N(C2CCS(=O)(=O)C2)C1. The minimum atomic E-state index is -3.13. The number of hydrazine groups is 1. The quantitative estimate of drug-likeness (QED) is 0.604. The summed E-state index contributed by atoms with van der Waals surface area (Å²) in [4.78, 5) is 38.4. The van der Waals surface area contributed by atoms with Crippen LogP contribution in [0.4, 0.5) is 0 Å². The van der Waals surface area contributed by atoms with Crippen LogP contribution in [0, 0.1) is 5.92 Å². The topological polar surface area (TPSA) is 122 Å². The Hall–Kier alpha value is -3.40. The Labute approximate surface area is 192 Å². The Morgan fingerprint density at radius 3 is 2.48 bits per heavy atom. The number of hydrogen-bond donors (Lipinski definition) is 2. The van der Waals surface area contributed by atoms with Crippen molar-refractivity contribution in [3.8, 4) is 16.9 Å². The first-order chi connectivity index (χ1) is 15.8. The lowest BCUT2D eigenvalue weighted by atomic mass is 10.1. The summed E-state index contributed by atoms with van der Waals surface area (Å²) in [5.41, 5.74) is 6.44. The van der Waals surface area contributed by atoms with Crippen molar-refractivity contribution in [1.82, 2.24) is 15.8 Å². The molecule has 0 bridgehead atoms. The lowest BCUT2D eigenvalue weighted by Gasteiger charge is -2.22. The molecule has 2 heterocycles. The number of amides is 3. The van der Waals surface area contributed by atoms with Crippen LogP contribution in [0.1, 0.15) is 12.8 Å². The van der Waals surface area contributed by atoms with E-state index >= 15 is 0 Å². The second-order valence-corrected chi connectivity index (χ2v) is 10.4. The third kappa shape index (κ3) is 5.51. The van der Waals surface area contributed by atoms with E-state index in [1.807, 2.05) is 42.5 Å². The molecule has 2 N–H and O–H groups in total. The number of carbonyl (C=O) groups excluding carboxylic acids is 3. The van der Waals surface area contributed by atoms with Crippen LogP contribution < -0.4 is 15.6 Å². The Bertz CT molecular complexity index is 1150. The van der Waals surface area contributed by atoms with Crippen molar-refractivity contribution >= 4 is 27.6 Å². The van der Waals surface area contributed by atoms with Crippen molar-refractivity contribution in [1.29, 1.82) is 0 Å². The van der Waals surface area contributed by atoms with E-state index < -0.39 is 27.6 Å². The van der Waals surface area contributed by atoms with Crippen LogP contribution in [0.2, 0.25) is 0 Å². The van der Waals surface area contributed by atoms with E-state index in [9.17, 15) is 22.8 Å². The largest absolute Gasteiger partial charge is 0.483 e. The molecule has 2 unspecified atom stereocenters. The summed E-state index contributed by atoms with van der Waals surface area (Å²) in [7, 11) is -3.13. The van der Waals surface area contributed by atoms with Gasteiger partial charge in [0.25, 0.3) is 5.91 Å². The summed E-state index contributed by atoms with van der Waals surface area (Å²) < 4.78 is 29.0. The zero-order chi connectivity index (χ0) is 23.4. The molecule has 33 heavy (non-hydrogen) atoms. The minimum Gasteiger partial charge on any atom is -0.483 e. The van der Waals surface area contributed by atoms with Gasteiger partial charge in [0, 0.05) is 24.6 Å². The molecule has 2 aromatic carbocycles. The number of rotatable bonds is 6. The highest BCUT2D eigenvalue weighted by atomic mass is 32.2. The number of nitrogens with zero attached hydrogens (tertiary/aromatic N) is 1. The van der Waals surface area contributed by atoms with Gasteiger partial charge in [-0.05, 0) is 18.1 Å². The number of carbonyl (C=O) groups is 3. The fourth-order valence-corrected chi connectivity index (χ4v) is 5.87. The molecular formula is C23H25N3O6S. The van der Waals surface area contributed by atoms with Gasteiger partial charge in [0.15, 0.2) is 16.4 Å². The average Bonchev–Trinajstić information content (AvgIpc) is 3.38. The van der Waals surface area contributed by atoms with E-state index in [0.29, 0.717) is 12.2 Å². The predicted molar refractivity (Wildman–Crippen MR) is 121 cm³/mol. The van der Waals surface area contributed by atoms with Gasteiger partial charge in [-0.25, -0.2) is 8.42 Å². The number of likely N-dealkylation sites (tertiary alicyclic amines) is 1. The summed E-state index contributed by atoms with van der Waals surface area (Å²) in [5, 5.41) is 0. The molecule has 2 fully saturated rings. The Morgan fingerprint density at radius 2 is 1.76 bits per heavy atom. The molecule has 2 aromatic rings. The van der Waals surface area contributed by atoms with Crippen LogP contribution in [0.5, 0.6) is 5.75 Å². The third-order valence-corrected chi connectivity index (χ3v) is 7.58. The fraction of sp³-hybridized carbons (Fsp3) is 0.348. The lowest BCUT2D eigenvalue weighted by molar-refractivity contribution is -0.132. The smallest absolute Gasteiger partial charge is 0.276 e. The van der Waals surface area contributed by atoms with Crippen LogP contribution >= 0.6 is 0 Å². The number of nitrogens with one attached hydrogen (secondary N) is 2. The minimum absolute atomic E-state index is 0.0147. The molecular weight excluding hydrogens is 446 g/mol. The predicted octanol–water partition coefficient (Wildman–Crippen LogP) is 0.915. The van der Waals surface area contributed by atoms with Crippen molar-refractivity contribution in [2.75, 3.05) is 24.7 Å². The zero-order valence-electron chi connectivity index (χ0n) is 17.9. The van der Waals surface area contributed by atoms with Crippen LogP contribution in [-0.4, -0.2) is 61.7 Å². The Morgan fingerprint density at radius 1 is 1.03 bits per heavy atom. The van der Waals surface area contributed by atoms with Crippen molar-refractivity contribution < 1.29 is 27.5 Å². The highest BCUT2D eigenvalue weighted by molar-refractivity contribution is 7.91. The van der Waals surface area contributed by atoms with Crippen molar-refractivity contribution in [3.05, 3.63) is 54.6 Å². The first-order valence-electron chi connectivity index (χ1n) is 10.7. The van der Waals surface area contributed by atoms with E-state index in [-0.39, 0.29) is 43.0 Å². The molecule has 0 spiro atoms. The highest BCUT2D eigenvalue weighted by Gasteiger charge is 2.42. The normalized spacial score (nSPS) is 21.6. The van der Waals surface area contributed by atoms with Gasteiger partial charge in [0.1, 0.15) is 5.75 Å². The molecule has 10 heteroatoms. The molecule has 3 amide bonds. The molecule has 4 rings (SSSR count). The lowest BCUT2D eigenvalue weighted by Crippen LogP contribution is -2.47. The van der Waals surface area contributed by atoms with Gasteiger partial charge in [-0.2, -0.15) is 0 Å². The molecule has 2 saturated heterocycles. The van der Waals surface area contributed by atoms with E-state index in [2.05, 4.69) is 10.9 Å². The van der Waals surface area contributed by atoms with Gasteiger partial charge in [-0.1, -0.05) is 48.5 Å². The Kier molecular flexibility index (Phi) is 6.64. The maximum absolute atomic E-state index is 12.4. The standard InChI is InChI=1S/C23H25N3O6S/c27-21(14-32-20-9-5-4-8-19(20)16-6-2-1-3-7-16)24-25-23(29)17-12-22(28)26(13-17)18-10-11-33(30,31)15-18/h1-9,17-18H,10-15H2,(H,24,27)(H,25,29). The van der Waals surface area contributed by atoms with Gasteiger partial charge in [0.05, 0.1) is 17.4 Å². The van der Waals surface area contributed by atoms with Crippen LogP contribution in [-0.2, 0) is 24.2 Å². The van der Waals surface area contributed by atoms with E-state index in [4.69, 9.17) is 4.74 Å². The molecule has 0 aliphatic carbocycles. The number of benzene rings is 2. The average molecular weight is 472 g/mol. The van der Waals surface area contributed by atoms with Crippen molar-refractivity contribution in [2.45, 2.75) is 18.9 Å². The molecule has 0 radical (unpaired) electrons. The van der Waals surface area contributed by atoms with Gasteiger partial charge < -0.3 is 9.64 Å². The summed E-state index contributed by atoms with van der Waals surface area (Å²) >= 11 is 0. The summed E-state index contributed by atoms with van der Waals surface area (Å²) in [5.74, 6) is -1.41. The van der Waals surface area contributed by atoms with Crippen LogP contribution in [0.3, 0.4) is 0 Å². The first-order valence-corrected chi connectivity index (χ1v) is 12.5. The van der Waals surface area contributed by atoms with E-state index in [1.165, 1.54) is 4.90 Å². The van der Waals surface area contributed by atoms with E-state index in [0.717, 1.165) is 11.1 Å². The van der Waals surface area contributed by atoms with Gasteiger partial charge in [-0.15, -0.1) is 0 Å². The van der Waals surface area contributed by atoms with Crippen molar-refractivity contribution in [3.63, 3.8) is 0 Å².